The standard InChI is InChI=1S/C12H17N3O8/c1-5(16)20-9-8(4-14-15-13)23-12(19)11(22-7(3)18)10(9)21-6(2)17/h8-12,19H,4H2,1-3H3/t8-,9-,10+,11-,12?/m1/s1. The van der Waals surface area contributed by atoms with E-state index in [0.29, 0.717) is 0 Å². The summed E-state index contributed by atoms with van der Waals surface area (Å²) >= 11 is 0. The summed E-state index contributed by atoms with van der Waals surface area (Å²) in [7, 11) is 0. The summed E-state index contributed by atoms with van der Waals surface area (Å²) in [6.45, 7) is 3.00. The first-order valence-electron chi connectivity index (χ1n) is 6.62. The van der Waals surface area contributed by atoms with Gasteiger partial charge in [0.25, 0.3) is 0 Å². The van der Waals surface area contributed by atoms with E-state index in [1.54, 1.807) is 0 Å². The van der Waals surface area contributed by atoms with Gasteiger partial charge in [-0.15, -0.1) is 0 Å². The van der Waals surface area contributed by atoms with Crippen molar-refractivity contribution in [1.29, 1.82) is 0 Å². The van der Waals surface area contributed by atoms with Gasteiger partial charge in [-0.05, 0) is 5.53 Å². The van der Waals surface area contributed by atoms with Crippen LogP contribution < -0.4 is 0 Å². The van der Waals surface area contributed by atoms with Gasteiger partial charge in [-0.3, -0.25) is 14.4 Å². The van der Waals surface area contributed by atoms with E-state index in [0.717, 1.165) is 20.8 Å². The molecule has 0 aromatic rings. The fourth-order valence-corrected chi connectivity index (χ4v) is 2.14. The van der Waals surface area contributed by atoms with Gasteiger partial charge in [-0.2, -0.15) is 0 Å². The molecule has 128 valence electrons. The lowest BCUT2D eigenvalue weighted by Gasteiger charge is -2.42. The maximum Gasteiger partial charge on any atom is 0.303 e. The van der Waals surface area contributed by atoms with Crippen LogP contribution in [0.5, 0.6) is 0 Å². The lowest BCUT2D eigenvalue weighted by atomic mass is 9.98. The Bertz CT molecular complexity index is 518. The molecule has 0 aromatic heterocycles. The second-order valence-electron chi connectivity index (χ2n) is 4.70. The van der Waals surface area contributed by atoms with Crippen molar-refractivity contribution in [2.75, 3.05) is 6.54 Å². The van der Waals surface area contributed by atoms with Crippen LogP contribution >= 0.6 is 0 Å². The molecule has 1 rings (SSSR count). The fourth-order valence-electron chi connectivity index (χ4n) is 2.14. The third kappa shape index (κ3) is 5.40. The van der Waals surface area contributed by atoms with Gasteiger partial charge in [0.15, 0.2) is 24.6 Å². The van der Waals surface area contributed by atoms with E-state index in [9.17, 15) is 19.5 Å². The molecule has 23 heavy (non-hydrogen) atoms. The monoisotopic (exact) mass is 331 g/mol. The summed E-state index contributed by atoms with van der Waals surface area (Å²) in [5.74, 6) is -2.23. The summed E-state index contributed by atoms with van der Waals surface area (Å²) in [5, 5.41) is 13.2. The number of nitrogens with zero attached hydrogens (tertiary/aromatic N) is 3. The topological polar surface area (TPSA) is 157 Å². The van der Waals surface area contributed by atoms with Crippen molar-refractivity contribution < 1.29 is 38.4 Å². The zero-order valence-electron chi connectivity index (χ0n) is 12.7. The first-order chi connectivity index (χ1) is 10.8. The van der Waals surface area contributed by atoms with Crippen molar-refractivity contribution in [1.82, 2.24) is 0 Å². The first-order valence-corrected chi connectivity index (χ1v) is 6.62. The number of azide groups is 1. The zero-order chi connectivity index (χ0) is 17.6. The van der Waals surface area contributed by atoms with Crippen LogP contribution in [0.3, 0.4) is 0 Å². The van der Waals surface area contributed by atoms with Gasteiger partial charge in [0.05, 0.1) is 6.54 Å². The summed E-state index contributed by atoms with van der Waals surface area (Å²) < 4.78 is 20.1. The Hall–Kier alpha value is -2.36. The van der Waals surface area contributed by atoms with Crippen LogP contribution in [0.25, 0.3) is 10.4 Å². The van der Waals surface area contributed by atoms with Gasteiger partial charge in [-0.1, -0.05) is 5.11 Å². The number of hydrogen-bond acceptors (Lipinski definition) is 9. The number of rotatable bonds is 5. The number of ether oxygens (including phenoxy) is 4. The summed E-state index contributed by atoms with van der Waals surface area (Å²) in [5.41, 5.74) is 8.39. The molecule has 0 saturated carbocycles. The molecule has 1 aliphatic rings. The Morgan fingerprint density at radius 1 is 1.04 bits per heavy atom. The van der Waals surface area contributed by atoms with Crippen LogP contribution in [-0.4, -0.2) is 60.3 Å². The van der Waals surface area contributed by atoms with E-state index in [-0.39, 0.29) is 6.54 Å². The minimum absolute atomic E-state index is 0.296. The molecule has 1 aliphatic heterocycles. The van der Waals surface area contributed by atoms with E-state index in [1.165, 1.54) is 0 Å². The van der Waals surface area contributed by atoms with Crippen molar-refractivity contribution in [2.45, 2.75) is 51.5 Å². The van der Waals surface area contributed by atoms with Crippen LogP contribution in [-0.2, 0) is 33.3 Å². The highest BCUT2D eigenvalue weighted by Gasteiger charge is 2.51. The summed E-state index contributed by atoms with van der Waals surface area (Å²) in [6, 6.07) is 0. The molecule has 0 aliphatic carbocycles. The third-order valence-corrected chi connectivity index (χ3v) is 2.84. The number of carbonyl (C=O) groups is 3. The molecular formula is C12H17N3O8. The Labute approximate surface area is 131 Å². The van der Waals surface area contributed by atoms with Crippen LogP contribution in [0, 0.1) is 0 Å². The summed E-state index contributed by atoms with van der Waals surface area (Å²) in [4.78, 5) is 36.3. The number of aliphatic hydroxyl groups is 1. The van der Waals surface area contributed by atoms with Crippen molar-refractivity contribution in [2.24, 2.45) is 5.11 Å². The minimum atomic E-state index is -1.66. The molecule has 1 heterocycles. The Kier molecular flexibility index (Phi) is 6.76. The van der Waals surface area contributed by atoms with E-state index in [4.69, 9.17) is 24.5 Å². The lowest BCUT2D eigenvalue weighted by molar-refractivity contribution is -0.289. The number of hydrogen-bond donors (Lipinski definition) is 1. The molecule has 0 radical (unpaired) electrons. The van der Waals surface area contributed by atoms with E-state index in [2.05, 4.69) is 10.0 Å². The quantitative estimate of drug-likeness (QED) is 0.239. The first kappa shape index (κ1) is 18.7. The van der Waals surface area contributed by atoms with Gasteiger partial charge in [0.2, 0.25) is 0 Å². The average molecular weight is 331 g/mol. The van der Waals surface area contributed by atoms with Crippen molar-refractivity contribution >= 4 is 17.9 Å². The molecule has 5 atom stereocenters. The van der Waals surface area contributed by atoms with Gasteiger partial charge >= 0.3 is 17.9 Å². The smallest absolute Gasteiger partial charge is 0.303 e. The Morgan fingerprint density at radius 2 is 1.52 bits per heavy atom. The Balaban J connectivity index is 3.15. The van der Waals surface area contributed by atoms with Crippen molar-refractivity contribution in [3.8, 4) is 0 Å². The molecule has 1 fully saturated rings. The van der Waals surface area contributed by atoms with Crippen LogP contribution in [0.1, 0.15) is 20.8 Å². The van der Waals surface area contributed by atoms with E-state index >= 15 is 0 Å². The van der Waals surface area contributed by atoms with Gasteiger partial charge in [0, 0.05) is 25.7 Å². The maximum atomic E-state index is 11.3. The van der Waals surface area contributed by atoms with Crippen LogP contribution in [0.2, 0.25) is 0 Å². The molecule has 1 saturated heterocycles. The second kappa shape index (κ2) is 8.32. The van der Waals surface area contributed by atoms with Gasteiger partial charge in [0.1, 0.15) is 6.10 Å². The van der Waals surface area contributed by atoms with Gasteiger partial charge < -0.3 is 24.1 Å². The largest absolute Gasteiger partial charge is 0.456 e. The number of aliphatic hydroxyl groups excluding tert-OH is 1. The molecule has 11 heteroatoms. The number of esters is 3. The maximum absolute atomic E-state index is 11.3. The highest BCUT2D eigenvalue weighted by Crippen LogP contribution is 2.28. The zero-order valence-corrected chi connectivity index (χ0v) is 12.7. The van der Waals surface area contributed by atoms with Crippen molar-refractivity contribution in [3.05, 3.63) is 10.4 Å². The Morgan fingerprint density at radius 3 is 2.00 bits per heavy atom. The normalized spacial score (nSPS) is 29.8. The predicted octanol–water partition coefficient (Wildman–Crippen LogP) is -0.191. The average Bonchev–Trinajstić information content (AvgIpc) is 2.42. The van der Waals surface area contributed by atoms with E-state index in [1.807, 2.05) is 0 Å². The summed E-state index contributed by atoms with van der Waals surface area (Å²) in [6.07, 6.45) is -6.68. The van der Waals surface area contributed by atoms with E-state index < -0.39 is 48.6 Å². The highest BCUT2D eigenvalue weighted by atomic mass is 16.7. The van der Waals surface area contributed by atoms with Crippen LogP contribution in [0.15, 0.2) is 5.11 Å². The third-order valence-electron chi connectivity index (χ3n) is 2.84. The fraction of sp³-hybridized carbons (Fsp3) is 0.750. The number of carbonyl (C=O) groups excluding carboxylic acids is 3. The molecule has 1 unspecified atom stereocenters. The van der Waals surface area contributed by atoms with Gasteiger partial charge in [-0.25, -0.2) is 0 Å². The minimum Gasteiger partial charge on any atom is -0.456 e. The molecule has 0 aromatic carbocycles. The predicted molar refractivity (Wildman–Crippen MR) is 71.6 cm³/mol. The molecule has 0 spiro atoms. The second-order valence-corrected chi connectivity index (χ2v) is 4.70. The molecule has 1 N–H and O–H groups in total. The SMILES string of the molecule is CC(=O)O[C@H]1[C@H](OC(C)=O)[C@@H](OC(C)=O)C(O)O[C@@H]1CN=[N+]=[N-]. The van der Waals surface area contributed by atoms with Crippen molar-refractivity contribution in [3.63, 3.8) is 0 Å². The lowest BCUT2D eigenvalue weighted by Crippen LogP contribution is -2.61. The van der Waals surface area contributed by atoms with Crippen LogP contribution in [0.4, 0.5) is 0 Å². The molecule has 0 amide bonds. The molecule has 11 nitrogen and oxygen atoms in total. The highest BCUT2D eigenvalue weighted by molar-refractivity contribution is 5.68. The molecule has 0 bridgehead atoms. The molecular weight excluding hydrogens is 314 g/mol.